The van der Waals surface area contributed by atoms with Gasteiger partial charge in [-0.25, -0.2) is 0 Å². The lowest BCUT2D eigenvalue weighted by molar-refractivity contribution is 0.0635. The lowest BCUT2D eigenvalue weighted by Crippen LogP contribution is -2.53. The van der Waals surface area contributed by atoms with Crippen molar-refractivity contribution < 1.29 is 5.21 Å². The molecule has 0 radical (unpaired) electrons. The van der Waals surface area contributed by atoms with Crippen LogP contribution in [0.3, 0.4) is 0 Å². The van der Waals surface area contributed by atoms with Gasteiger partial charge in [0.25, 0.3) is 0 Å². The Balaban J connectivity index is 2.27. The molecule has 1 saturated heterocycles. The van der Waals surface area contributed by atoms with E-state index in [2.05, 4.69) is 35.7 Å². The van der Waals surface area contributed by atoms with Crippen LogP contribution < -0.4 is 5.73 Å². The molecule has 1 aliphatic rings. The zero-order chi connectivity index (χ0) is 12.2. The van der Waals surface area contributed by atoms with Crippen LogP contribution >= 0.6 is 0 Å². The summed E-state index contributed by atoms with van der Waals surface area (Å²) in [5, 5.41) is 11.4. The van der Waals surface area contributed by atoms with E-state index >= 15 is 0 Å². The molecule has 1 heterocycles. The maximum atomic E-state index is 8.45. The molecule has 0 bridgehead atoms. The van der Waals surface area contributed by atoms with E-state index in [1.54, 1.807) is 0 Å². The Bertz CT molecular complexity index is 239. The van der Waals surface area contributed by atoms with Crippen LogP contribution in [0, 0.1) is 0 Å². The van der Waals surface area contributed by atoms with Gasteiger partial charge in [-0.05, 0) is 20.8 Å². The molecule has 0 aromatic rings. The maximum Gasteiger partial charge on any atom is 0.140 e. The van der Waals surface area contributed by atoms with E-state index in [1.165, 1.54) is 0 Å². The summed E-state index contributed by atoms with van der Waals surface area (Å²) in [7, 11) is 0. The summed E-state index contributed by atoms with van der Waals surface area (Å²) in [5.74, 6) is 0.318. The van der Waals surface area contributed by atoms with E-state index < -0.39 is 0 Å². The quantitative estimate of drug-likeness (QED) is 0.320. The van der Waals surface area contributed by atoms with Crippen molar-refractivity contribution in [2.24, 2.45) is 10.9 Å². The molecule has 0 amide bonds. The molecule has 5 nitrogen and oxygen atoms in total. The predicted octanol–water partition coefficient (Wildman–Crippen LogP) is 0.539. The summed E-state index contributed by atoms with van der Waals surface area (Å²) >= 11 is 0. The number of piperazine rings is 1. The summed E-state index contributed by atoms with van der Waals surface area (Å²) in [6.07, 6.45) is 0.645. The van der Waals surface area contributed by atoms with E-state index in [0.717, 1.165) is 32.7 Å². The fourth-order valence-electron chi connectivity index (χ4n) is 1.96. The first-order valence-corrected chi connectivity index (χ1v) is 5.87. The zero-order valence-electron chi connectivity index (χ0n) is 10.6. The van der Waals surface area contributed by atoms with E-state index in [4.69, 9.17) is 10.9 Å². The zero-order valence-corrected chi connectivity index (χ0v) is 10.6. The van der Waals surface area contributed by atoms with Crippen LogP contribution in [0.25, 0.3) is 0 Å². The Morgan fingerprint density at radius 3 is 2.25 bits per heavy atom. The minimum atomic E-state index is 0.262. The van der Waals surface area contributed by atoms with Gasteiger partial charge < -0.3 is 15.8 Å². The molecular formula is C11H24N4O. The summed E-state index contributed by atoms with van der Waals surface area (Å²) in [5.41, 5.74) is 5.71. The van der Waals surface area contributed by atoms with Gasteiger partial charge in [-0.1, -0.05) is 5.16 Å². The SMILES string of the molecule is CC(C)(C)N1CCN(CCC(N)=NO)CC1. The molecule has 1 fully saturated rings. The second kappa shape index (κ2) is 5.50. The first kappa shape index (κ1) is 13.3. The Kier molecular flexibility index (Phi) is 4.56. The Labute approximate surface area is 97.9 Å². The maximum absolute atomic E-state index is 8.45. The van der Waals surface area contributed by atoms with Gasteiger partial charge in [0.05, 0.1) is 0 Å². The average molecular weight is 228 g/mol. The molecule has 3 N–H and O–H groups in total. The van der Waals surface area contributed by atoms with Gasteiger partial charge in [0.2, 0.25) is 0 Å². The largest absolute Gasteiger partial charge is 0.409 e. The highest BCUT2D eigenvalue weighted by Gasteiger charge is 2.25. The summed E-state index contributed by atoms with van der Waals surface area (Å²) in [4.78, 5) is 4.85. The normalized spacial score (nSPS) is 21.3. The number of oxime groups is 1. The van der Waals surface area contributed by atoms with Gasteiger partial charge >= 0.3 is 0 Å². The van der Waals surface area contributed by atoms with Gasteiger partial charge in [0.1, 0.15) is 5.84 Å². The van der Waals surface area contributed by atoms with Crippen LogP contribution in [0.1, 0.15) is 27.2 Å². The number of hydrogen-bond donors (Lipinski definition) is 2. The monoisotopic (exact) mass is 228 g/mol. The molecule has 94 valence electrons. The topological polar surface area (TPSA) is 65.1 Å². The van der Waals surface area contributed by atoms with Crippen molar-refractivity contribution in [1.82, 2.24) is 9.80 Å². The van der Waals surface area contributed by atoms with E-state index in [0.29, 0.717) is 12.3 Å². The molecule has 0 aromatic heterocycles. The Morgan fingerprint density at radius 2 is 1.81 bits per heavy atom. The van der Waals surface area contributed by atoms with Crippen LogP contribution in [0.5, 0.6) is 0 Å². The predicted molar refractivity (Wildman–Crippen MR) is 65.8 cm³/mol. The summed E-state index contributed by atoms with van der Waals surface area (Å²) < 4.78 is 0. The van der Waals surface area contributed by atoms with Crippen molar-refractivity contribution in [2.75, 3.05) is 32.7 Å². The number of nitrogens with zero attached hydrogens (tertiary/aromatic N) is 3. The molecular weight excluding hydrogens is 204 g/mol. The molecule has 16 heavy (non-hydrogen) atoms. The van der Waals surface area contributed by atoms with Crippen LogP contribution in [0.4, 0.5) is 0 Å². The van der Waals surface area contributed by atoms with Crippen molar-refractivity contribution in [2.45, 2.75) is 32.7 Å². The number of nitrogens with two attached hydrogens (primary N) is 1. The van der Waals surface area contributed by atoms with Gasteiger partial charge in [0.15, 0.2) is 0 Å². The molecule has 0 unspecified atom stereocenters. The molecule has 5 heteroatoms. The Morgan fingerprint density at radius 1 is 1.25 bits per heavy atom. The Hall–Kier alpha value is -0.810. The van der Waals surface area contributed by atoms with Crippen LogP contribution in [-0.2, 0) is 0 Å². The number of hydrogen-bond acceptors (Lipinski definition) is 4. The highest BCUT2D eigenvalue weighted by Crippen LogP contribution is 2.15. The second-order valence-corrected chi connectivity index (χ2v) is 5.34. The number of rotatable bonds is 3. The van der Waals surface area contributed by atoms with E-state index in [-0.39, 0.29) is 5.54 Å². The third-order valence-corrected chi connectivity index (χ3v) is 3.13. The lowest BCUT2D eigenvalue weighted by Gasteiger charge is -2.42. The fraction of sp³-hybridized carbons (Fsp3) is 0.909. The van der Waals surface area contributed by atoms with Crippen molar-refractivity contribution in [3.63, 3.8) is 0 Å². The van der Waals surface area contributed by atoms with Crippen molar-refractivity contribution in [3.8, 4) is 0 Å². The highest BCUT2D eigenvalue weighted by molar-refractivity contribution is 5.79. The first-order valence-electron chi connectivity index (χ1n) is 5.87. The molecule has 0 aliphatic carbocycles. The van der Waals surface area contributed by atoms with E-state index in [1.807, 2.05) is 0 Å². The van der Waals surface area contributed by atoms with Crippen LogP contribution in [-0.4, -0.2) is 59.1 Å². The smallest absolute Gasteiger partial charge is 0.140 e. The molecule has 0 aromatic carbocycles. The van der Waals surface area contributed by atoms with Crippen molar-refractivity contribution in [3.05, 3.63) is 0 Å². The molecule has 0 atom stereocenters. The van der Waals surface area contributed by atoms with Gasteiger partial charge in [-0.3, -0.25) is 4.90 Å². The summed E-state index contributed by atoms with van der Waals surface area (Å²) in [6, 6.07) is 0. The standard InChI is InChI=1S/C11H24N4O/c1-11(2,3)15-8-6-14(7-9-15)5-4-10(12)13-16/h16H,4-9H2,1-3H3,(H2,12,13). The molecule has 1 rings (SSSR count). The van der Waals surface area contributed by atoms with Crippen molar-refractivity contribution in [1.29, 1.82) is 0 Å². The van der Waals surface area contributed by atoms with Crippen molar-refractivity contribution >= 4 is 5.84 Å². The molecule has 0 saturated carbocycles. The molecule has 0 spiro atoms. The van der Waals surface area contributed by atoms with Crippen LogP contribution in [0.15, 0.2) is 5.16 Å². The van der Waals surface area contributed by atoms with E-state index in [9.17, 15) is 0 Å². The molecule has 1 aliphatic heterocycles. The van der Waals surface area contributed by atoms with Gasteiger partial charge in [-0.15, -0.1) is 0 Å². The average Bonchev–Trinajstić information content (AvgIpc) is 2.25. The highest BCUT2D eigenvalue weighted by atomic mass is 16.4. The van der Waals surface area contributed by atoms with Crippen LogP contribution in [0.2, 0.25) is 0 Å². The fourth-order valence-corrected chi connectivity index (χ4v) is 1.96. The number of amidine groups is 1. The minimum Gasteiger partial charge on any atom is -0.409 e. The minimum absolute atomic E-state index is 0.262. The third kappa shape index (κ3) is 3.98. The first-order chi connectivity index (χ1) is 7.43. The lowest BCUT2D eigenvalue weighted by atomic mass is 10.0. The van der Waals surface area contributed by atoms with Gasteiger partial charge in [-0.2, -0.15) is 0 Å². The third-order valence-electron chi connectivity index (χ3n) is 3.13. The summed E-state index contributed by atoms with van der Waals surface area (Å²) in [6.45, 7) is 12.0. The second-order valence-electron chi connectivity index (χ2n) is 5.34. The van der Waals surface area contributed by atoms with Gasteiger partial charge in [0, 0.05) is 44.7 Å².